The number of carbonyl (C=O) groups excluding carboxylic acids is 2. The van der Waals surface area contributed by atoms with Crippen LogP contribution >= 0.6 is 0 Å². The third-order valence-electron chi connectivity index (χ3n) is 7.52. The molecule has 4 aliphatic carbocycles. The summed E-state index contributed by atoms with van der Waals surface area (Å²) in [5, 5.41) is 3.15. The molecule has 158 valence electrons. The Bertz CT molecular complexity index is 752. The third-order valence-corrected chi connectivity index (χ3v) is 7.52. The minimum Gasteiger partial charge on any atom is -0.496 e. The lowest BCUT2D eigenvalue weighted by molar-refractivity contribution is -0.148. The number of hydrogen-bond acceptors (Lipinski definition) is 4. The predicted octanol–water partition coefficient (Wildman–Crippen LogP) is 3.81. The van der Waals surface area contributed by atoms with Gasteiger partial charge in [0, 0.05) is 11.6 Å². The fourth-order valence-corrected chi connectivity index (χ4v) is 6.54. The summed E-state index contributed by atoms with van der Waals surface area (Å²) in [4.78, 5) is 24.7. The zero-order valence-electron chi connectivity index (χ0n) is 17.8. The number of esters is 1. The first kappa shape index (κ1) is 20.2. The van der Waals surface area contributed by atoms with Gasteiger partial charge >= 0.3 is 5.97 Å². The van der Waals surface area contributed by atoms with Crippen molar-refractivity contribution in [2.75, 3.05) is 13.7 Å². The molecule has 1 amide bonds. The number of carbonyl (C=O) groups is 2. The molecule has 0 spiro atoms. The van der Waals surface area contributed by atoms with Crippen LogP contribution < -0.4 is 10.1 Å². The highest BCUT2D eigenvalue weighted by Crippen LogP contribution is 2.61. The molecular formula is C24H33NO4. The molecule has 5 rings (SSSR count). The van der Waals surface area contributed by atoms with Gasteiger partial charge in [0.15, 0.2) is 6.61 Å². The Morgan fingerprint density at radius 1 is 1.14 bits per heavy atom. The fourth-order valence-electron chi connectivity index (χ4n) is 6.54. The van der Waals surface area contributed by atoms with Gasteiger partial charge in [-0.15, -0.1) is 0 Å². The predicted molar refractivity (Wildman–Crippen MR) is 111 cm³/mol. The molecule has 1 N–H and O–H groups in total. The van der Waals surface area contributed by atoms with E-state index in [2.05, 4.69) is 12.2 Å². The first-order valence-corrected chi connectivity index (χ1v) is 11.0. The van der Waals surface area contributed by atoms with E-state index in [1.165, 1.54) is 38.5 Å². The number of methoxy groups -OCH3 is 1. The molecule has 4 bridgehead atoms. The molecule has 4 fully saturated rings. The van der Waals surface area contributed by atoms with Crippen molar-refractivity contribution in [3.8, 4) is 5.75 Å². The minimum atomic E-state index is -0.411. The summed E-state index contributed by atoms with van der Waals surface area (Å²) in [6.45, 7) is 3.89. The van der Waals surface area contributed by atoms with Crippen molar-refractivity contribution >= 4 is 11.9 Å². The summed E-state index contributed by atoms with van der Waals surface area (Å²) in [5.74, 6) is 2.60. The van der Waals surface area contributed by atoms with Gasteiger partial charge in [-0.25, -0.2) is 0 Å². The summed E-state index contributed by atoms with van der Waals surface area (Å²) >= 11 is 0. The number of nitrogens with one attached hydrogen (secondary N) is 1. The molecule has 0 radical (unpaired) electrons. The SMILES string of the molecule is COc1ccc(C)cc1CC(=O)OCC(=O)N[C@@H](C)C12CC3CC(CC(C3)C1)C2. The Balaban J connectivity index is 1.28. The largest absolute Gasteiger partial charge is 0.496 e. The van der Waals surface area contributed by atoms with Gasteiger partial charge in [-0.3, -0.25) is 9.59 Å². The molecule has 0 aromatic heterocycles. The summed E-state index contributed by atoms with van der Waals surface area (Å²) in [6, 6.07) is 5.83. The van der Waals surface area contributed by atoms with Crippen molar-refractivity contribution in [1.82, 2.24) is 5.32 Å². The molecule has 0 unspecified atom stereocenters. The van der Waals surface area contributed by atoms with E-state index in [0.717, 1.165) is 28.9 Å². The Morgan fingerprint density at radius 2 is 1.76 bits per heavy atom. The van der Waals surface area contributed by atoms with Crippen molar-refractivity contribution in [1.29, 1.82) is 0 Å². The molecule has 0 aliphatic heterocycles. The van der Waals surface area contributed by atoms with E-state index in [0.29, 0.717) is 5.75 Å². The van der Waals surface area contributed by atoms with E-state index < -0.39 is 5.97 Å². The molecule has 1 aromatic rings. The smallest absolute Gasteiger partial charge is 0.310 e. The van der Waals surface area contributed by atoms with Gasteiger partial charge in [-0.1, -0.05) is 17.7 Å². The van der Waals surface area contributed by atoms with Crippen LogP contribution in [-0.4, -0.2) is 31.6 Å². The summed E-state index contributed by atoms with van der Waals surface area (Å²) < 4.78 is 10.6. The van der Waals surface area contributed by atoms with Crippen LogP contribution in [0.15, 0.2) is 18.2 Å². The normalized spacial score (nSPS) is 30.7. The summed E-state index contributed by atoms with van der Waals surface area (Å²) in [6.07, 6.45) is 8.00. The van der Waals surface area contributed by atoms with E-state index in [1.54, 1.807) is 7.11 Å². The average molecular weight is 400 g/mol. The van der Waals surface area contributed by atoms with E-state index in [4.69, 9.17) is 9.47 Å². The van der Waals surface area contributed by atoms with Crippen molar-refractivity contribution < 1.29 is 19.1 Å². The van der Waals surface area contributed by atoms with E-state index >= 15 is 0 Å². The second kappa shape index (κ2) is 8.00. The molecule has 5 heteroatoms. The van der Waals surface area contributed by atoms with Crippen LogP contribution in [0.2, 0.25) is 0 Å². The van der Waals surface area contributed by atoms with Gasteiger partial charge in [0.2, 0.25) is 0 Å². The van der Waals surface area contributed by atoms with E-state index in [1.807, 2.05) is 25.1 Å². The number of rotatable bonds is 7. The van der Waals surface area contributed by atoms with Gasteiger partial charge in [0.25, 0.3) is 5.91 Å². The second-order valence-corrected chi connectivity index (χ2v) is 9.72. The zero-order valence-corrected chi connectivity index (χ0v) is 17.8. The zero-order chi connectivity index (χ0) is 20.6. The lowest BCUT2D eigenvalue weighted by Crippen LogP contribution is -2.56. The first-order valence-electron chi connectivity index (χ1n) is 11.0. The highest BCUT2D eigenvalue weighted by Gasteiger charge is 2.53. The van der Waals surface area contributed by atoms with Crippen molar-refractivity contribution in [3.63, 3.8) is 0 Å². The van der Waals surface area contributed by atoms with Gasteiger partial charge in [0.05, 0.1) is 13.5 Å². The molecule has 0 saturated heterocycles. The van der Waals surface area contributed by atoms with Gasteiger partial charge in [-0.2, -0.15) is 0 Å². The van der Waals surface area contributed by atoms with Crippen molar-refractivity contribution in [2.24, 2.45) is 23.2 Å². The maximum atomic E-state index is 12.5. The van der Waals surface area contributed by atoms with Crippen LogP contribution in [0.5, 0.6) is 5.75 Å². The van der Waals surface area contributed by atoms with Crippen LogP contribution in [0.4, 0.5) is 0 Å². The average Bonchev–Trinajstić information content (AvgIpc) is 2.65. The third kappa shape index (κ3) is 4.29. The topological polar surface area (TPSA) is 64.6 Å². The Labute approximate surface area is 173 Å². The van der Waals surface area contributed by atoms with E-state index in [9.17, 15) is 9.59 Å². The van der Waals surface area contributed by atoms with Crippen LogP contribution in [0.25, 0.3) is 0 Å². The highest BCUT2D eigenvalue weighted by molar-refractivity contribution is 5.81. The molecule has 5 nitrogen and oxygen atoms in total. The number of ether oxygens (including phenoxy) is 2. The number of aryl methyl sites for hydroxylation is 1. The molecule has 4 saturated carbocycles. The molecule has 1 atom stereocenters. The summed E-state index contributed by atoms with van der Waals surface area (Å²) in [5.41, 5.74) is 2.08. The lowest BCUT2D eigenvalue weighted by Gasteiger charge is -2.59. The molecular weight excluding hydrogens is 366 g/mol. The maximum absolute atomic E-state index is 12.5. The van der Waals surface area contributed by atoms with Crippen molar-refractivity contribution in [3.05, 3.63) is 29.3 Å². The van der Waals surface area contributed by atoms with E-state index in [-0.39, 0.29) is 30.4 Å². The minimum absolute atomic E-state index is 0.0999. The molecule has 29 heavy (non-hydrogen) atoms. The maximum Gasteiger partial charge on any atom is 0.310 e. The molecule has 4 aliphatic rings. The number of amides is 1. The highest BCUT2D eigenvalue weighted by atomic mass is 16.5. The fraction of sp³-hybridized carbons (Fsp3) is 0.667. The monoisotopic (exact) mass is 399 g/mol. The molecule has 0 heterocycles. The van der Waals surface area contributed by atoms with Crippen LogP contribution in [0, 0.1) is 30.1 Å². The van der Waals surface area contributed by atoms with Gasteiger partial charge in [0.1, 0.15) is 5.75 Å². The standard InChI is InChI=1S/C24H33NO4/c1-15-4-5-21(28-3)20(6-15)10-23(27)29-14-22(26)25-16(2)24-11-17-7-18(12-24)9-19(8-17)13-24/h4-6,16-19H,7-14H2,1-3H3,(H,25,26)/t16-,17?,18?,19?,24?/m0/s1. The Kier molecular flexibility index (Phi) is 5.58. The quantitative estimate of drug-likeness (QED) is 0.708. The van der Waals surface area contributed by atoms with Gasteiger partial charge < -0.3 is 14.8 Å². The van der Waals surface area contributed by atoms with Crippen molar-refractivity contribution in [2.45, 2.75) is 64.8 Å². The van der Waals surface area contributed by atoms with Crippen LogP contribution in [-0.2, 0) is 20.7 Å². The second-order valence-electron chi connectivity index (χ2n) is 9.72. The first-order chi connectivity index (χ1) is 13.9. The molecule has 1 aromatic carbocycles. The van der Waals surface area contributed by atoms with Gasteiger partial charge in [-0.05, 0) is 81.6 Å². The summed E-state index contributed by atoms with van der Waals surface area (Å²) in [7, 11) is 1.58. The number of benzene rings is 1. The Hall–Kier alpha value is -2.04. The number of hydrogen-bond donors (Lipinski definition) is 1. The Morgan fingerprint density at radius 3 is 2.34 bits per heavy atom. The van der Waals surface area contributed by atoms with Crippen LogP contribution in [0.1, 0.15) is 56.6 Å². The van der Waals surface area contributed by atoms with Crippen LogP contribution in [0.3, 0.4) is 0 Å². The lowest BCUT2D eigenvalue weighted by atomic mass is 9.48.